The number of carbonyl (C=O) groups excluding carboxylic acids is 2. The van der Waals surface area contributed by atoms with Gasteiger partial charge in [0.25, 0.3) is 5.91 Å². The van der Waals surface area contributed by atoms with Gasteiger partial charge in [-0.1, -0.05) is 41.9 Å². The van der Waals surface area contributed by atoms with Gasteiger partial charge in [-0.2, -0.15) is 0 Å². The van der Waals surface area contributed by atoms with Gasteiger partial charge in [0.15, 0.2) is 0 Å². The molecule has 1 heterocycles. The Balaban J connectivity index is 1.54. The molecule has 0 unspecified atom stereocenters. The van der Waals surface area contributed by atoms with Crippen molar-refractivity contribution in [1.29, 1.82) is 0 Å². The van der Waals surface area contributed by atoms with Crippen molar-refractivity contribution in [3.8, 4) is 17.0 Å². The molecule has 0 atom stereocenters. The third kappa shape index (κ3) is 5.26. The molecule has 0 saturated carbocycles. The third-order valence-electron chi connectivity index (χ3n) is 5.88. The van der Waals surface area contributed by atoms with Crippen molar-refractivity contribution in [2.75, 3.05) is 12.4 Å². The molecule has 0 saturated heterocycles. The maximum Gasteiger partial charge on any atom is 0.338 e. The summed E-state index contributed by atoms with van der Waals surface area (Å²) in [7, 11) is 2.96. The van der Waals surface area contributed by atoms with Crippen molar-refractivity contribution < 1.29 is 23.5 Å². The highest BCUT2D eigenvalue weighted by molar-refractivity contribution is 6.31. The van der Waals surface area contributed by atoms with Crippen molar-refractivity contribution in [3.63, 3.8) is 0 Å². The number of amides is 1. The standard InChI is InChI=1S/C28H24ClFN2O4/c1-17-21(15-26(32(17)2)22-13-24(29)25(30)14-23(22)28(34)35-3)27(33)31-19-9-11-20(12-10-19)36-16-18-7-5-4-6-8-18/h4-15H,16H2,1-3H3,(H,31,33). The van der Waals surface area contributed by atoms with E-state index in [0.717, 1.165) is 11.6 Å². The second-order valence-electron chi connectivity index (χ2n) is 8.14. The topological polar surface area (TPSA) is 69.6 Å². The lowest BCUT2D eigenvalue weighted by Crippen LogP contribution is -2.12. The molecular formula is C28H24ClFN2O4. The summed E-state index contributed by atoms with van der Waals surface area (Å²) in [4.78, 5) is 25.4. The number of rotatable bonds is 7. The second-order valence-corrected chi connectivity index (χ2v) is 8.55. The smallest absolute Gasteiger partial charge is 0.338 e. The van der Waals surface area contributed by atoms with Crippen LogP contribution in [0.5, 0.6) is 5.75 Å². The Morgan fingerprint density at radius 2 is 1.69 bits per heavy atom. The van der Waals surface area contributed by atoms with E-state index in [1.54, 1.807) is 48.9 Å². The molecule has 1 N–H and O–H groups in total. The first-order chi connectivity index (χ1) is 17.3. The minimum absolute atomic E-state index is 0.0121. The van der Waals surface area contributed by atoms with Crippen LogP contribution < -0.4 is 10.1 Å². The number of benzene rings is 3. The molecule has 1 amide bonds. The highest BCUT2D eigenvalue weighted by atomic mass is 35.5. The van der Waals surface area contributed by atoms with E-state index in [1.165, 1.54) is 13.2 Å². The van der Waals surface area contributed by atoms with Crippen molar-refractivity contribution >= 4 is 29.2 Å². The molecule has 0 aliphatic rings. The summed E-state index contributed by atoms with van der Waals surface area (Å²) in [5, 5.41) is 2.73. The molecule has 0 aliphatic carbocycles. The Labute approximate surface area is 213 Å². The molecule has 6 nitrogen and oxygen atoms in total. The molecule has 1 aromatic heterocycles. The lowest BCUT2D eigenvalue weighted by molar-refractivity contribution is 0.0601. The van der Waals surface area contributed by atoms with Crippen molar-refractivity contribution in [3.05, 3.63) is 106 Å². The van der Waals surface area contributed by atoms with Gasteiger partial charge in [-0.3, -0.25) is 4.79 Å². The lowest BCUT2D eigenvalue weighted by atomic mass is 10.0. The number of anilines is 1. The molecule has 36 heavy (non-hydrogen) atoms. The predicted octanol–water partition coefficient (Wildman–Crippen LogP) is 6.41. The zero-order valence-corrected chi connectivity index (χ0v) is 20.7. The molecular weight excluding hydrogens is 483 g/mol. The molecule has 4 aromatic rings. The number of esters is 1. The van der Waals surface area contributed by atoms with Crippen LogP contribution in [0.15, 0.2) is 72.8 Å². The van der Waals surface area contributed by atoms with E-state index in [0.29, 0.717) is 40.6 Å². The van der Waals surface area contributed by atoms with Gasteiger partial charge in [0.05, 0.1) is 23.3 Å². The summed E-state index contributed by atoms with van der Waals surface area (Å²) in [5.74, 6) is -1.10. The van der Waals surface area contributed by atoms with Gasteiger partial charge in [0, 0.05) is 29.7 Å². The Kier molecular flexibility index (Phi) is 7.41. The number of halogens is 2. The normalized spacial score (nSPS) is 10.7. The van der Waals surface area contributed by atoms with E-state index in [-0.39, 0.29) is 16.5 Å². The summed E-state index contributed by atoms with van der Waals surface area (Å²) in [6, 6.07) is 20.9. The molecule has 0 fully saturated rings. The van der Waals surface area contributed by atoms with Crippen LogP contribution in [0, 0.1) is 12.7 Å². The zero-order valence-electron chi connectivity index (χ0n) is 20.0. The highest BCUT2D eigenvalue weighted by Crippen LogP contribution is 2.32. The number of ether oxygens (including phenoxy) is 2. The van der Waals surface area contributed by atoms with Gasteiger partial charge in [-0.15, -0.1) is 0 Å². The van der Waals surface area contributed by atoms with E-state index < -0.39 is 11.8 Å². The minimum atomic E-state index is -0.735. The third-order valence-corrected chi connectivity index (χ3v) is 6.17. The molecule has 4 rings (SSSR count). The SMILES string of the molecule is COC(=O)c1cc(F)c(Cl)cc1-c1cc(C(=O)Nc2ccc(OCc3ccccc3)cc2)c(C)n1C. The molecule has 0 aliphatic heterocycles. The largest absolute Gasteiger partial charge is 0.489 e. The number of methoxy groups -OCH3 is 1. The number of aromatic nitrogens is 1. The van der Waals surface area contributed by atoms with Crippen LogP contribution in [-0.4, -0.2) is 23.6 Å². The Hall–Kier alpha value is -4.10. The van der Waals surface area contributed by atoms with Crippen LogP contribution in [0.3, 0.4) is 0 Å². The van der Waals surface area contributed by atoms with Crippen molar-refractivity contribution in [2.24, 2.45) is 7.05 Å². The number of nitrogens with one attached hydrogen (secondary N) is 1. The first-order valence-electron chi connectivity index (χ1n) is 11.1. The number of hydrogen-bond acceptors (Lipinski definition) is 4. The lowest BCUT2D eigenvalue weighted by Gasteiger charge is -2.11. The fourth-order valence-corrected chi connectivity index (χ4v) is 3.96. The monoisotopic (exact) mass is 506 g/mol. The number of hydrogen-bond donors (Lipinski definition) is 1. The van der Waals surface area contributed by atoms with Crippen molar-refractivity contribution in [2.45, 2.75) is 13.5 Å². The van der Waals surface area contributed by atoms with Gasteiger partial charge < -0.3 is 19.4 Å². The molecule has 0 radical (unpaired) electrons. The molecule has 184 valence electrons. The molecule has 0 bridgehead atoms. The zero-order chi connectivity index (χ0) is 25.8. The van der Waals surface area contributed by atoms with Crippen LogP contribution in [0.25, 0.3) is 11.3 Å². The summed E-state index contributed by atoms with van der Waals surface area (Å²) < 4.78 is 26.4. The summed E-state index contributed by atoms with van der Waals surface area (Å²) in [6.45, 7) is 2.22. The Morgan fingerprint density at radius 3 is 2.36 bits per heavy atom. The molecule has 0 spiro atoms. The fourth-order valence-electron chi connectivity index (χ4n) is 3.80. The van der Waals surface area contributed by atoms with E-state index >= 15 is 0 Å². The summed E-state index contributed by atoms with van der Waals surface area (Å²) in [5.41, 5.74) is 3.59. The maximum absolute atomic E-state index is 14.1. The van der Waals surface area contributed by atoms with Crippen molar-refractivity contribution in [1.82, 2.24) is 4.57 Å². The molecule has 8 heteroatoms. The van der Waals surface area contributed by atoms with E-state index in [2.05, 4.69) is 5.32 Å². The Morgan fingerprint density at radius 1 is 1.00 bits per heavy atom. The van der Waals surface area contributed by atoms with E-state index in [4.69, 9.17) is 21.1 Å². The quantitative estimate of drug-likeness (QED) is 0.294. The molecule has 3 aromatic carbocycles. The Bertz CT molecular complexity index is 1420. The first kappa shape index (κ1) is 25.0. The number of nitrogens with zero attached hydrogens (tertiary/aromatic N) is 1. The average Bonchev–Trinajstić information content (AvgIpc) is 3.19. The minimum Gasteiger partial charge on any atom is -0.489 e. The number of carbonyl (C=O) groups is 2. The van der Waals surface area contributed by atoms with Crippen LogP contribution in [-0.2, 0) is 18.4 Å². The van der Waals surface area contributed by atoms with Gasteiger partial charge in [0.1, 0.15) is 18.2 Å². The van der Waals surface area contributed by atoms with Gasteiger partial charge >= 0.3 is 5.97 Å². The summed E-state index contributed by atoms with van der Waals surface area (Å²) in [6.07, 6.45) is 0. The van der Waals surface area contributed by atoms with Crippen LogP contribution >= 0.6 is 11.6 Å². The van der Waals surface area contributed by atoms with Crippen LogP contribution in [0.4, 0.5) is 10.1 Å². The van der Waals surface area contributed by atoms with E-state index in [9.17, 15) is 14.0 Å². The maximum atomic E-state index is 14.1. The second kappa shape index (κ2) is 10.7. The highest BCUT2D eigenvalue weighted by Gasteiger charge is 2.23. The van der Waals surface area contributed by atoms with Crippen LogP contribution in [0.1, 0.15) is 32.0 Å². The van der Waals surface area contributed by atoms with Gasteiger partial charge in [-0.05, 0) is 55.0 Å². The van der Waals surface area contributed by atoms with E-state index in [1.807, 2.05) is 30.3 Å². The fraction of sp³-hybridized carbons (Fsp3) is 0.143. The predicted molar refractivity (Wildman–Crippen MR) is 137 cm³/mol. The van der Waals surface area contributed by atoms with Gasteiger partial charge in [-0.25, -0.2) is 9.18 Å². The first-order valence-corrected chi connectivity index (χ1v) is 11.5. The van der Waals surface area contributed by atoms with Crippen LogP contribution in [0.2, 0.25) is 5.02 Å². The average molecular weight is 507 g/mol. The van der Waals surface area contributed by atoms with Gasteiger partial charge in [0.2, 0.25) is 0 Å². The summed E-state index contributed by atoms with van der Waals surface area (Å²) >= 11 is 6.00.